The van der Waals surface area contributed by atoms with Crippen molar-refractivity contribution in [2.24, 2.45) is 0 Å². The molecule has 3 aromatic rings. The second kappa shape index (κ2) is 7.04. The highest BCUT2D eigenvalue weighted by molar-refractivity contribution is 5.86. The first-order chi connectivity index (χ1) is 13.1. The predicted octanol–water partition coefficient (Wildman–Crippen LogP) is 3.44. The summed E-state index contributed by atoms with van der Waals surface area (Å²) < 4.78 is 25.1. The smallest absolute Gasteiger partial charge is 0.249 e. The third-order valence-electron chi connectivity index (χ3n) is 5.12. The molecule has 1 aromatic heterocycles. The van der Waals surface area contributed by atoms with Gasteiger partial charge in [0.15, 0.2) is 0 Å². The zero-order valence-corrected chi connectivity index (χ0v) is 15.3. The number of benzene rings is 2. The van der Waals surface area contributed by atoms with Gasteiger partial charge in [-0.25, -0.2) is 4.39 Å². The molecular weight excluding hydrogens is 347 g/mol. The molecule has 0 saturated carbocycles. The Morgan fingerprint density at radius 1 is 1.26 bits per heavy atom. The lowest BCUT2D eigenvalue weighted by atomic mass is 9.92. The summed E-state index contributed by atoms with van der Waals surface area (Å²) in [5.74, 6) is -0.123. The summed E-state index contributed by atoms with van der Waals surface area (Å²) in [6.45, 7) is 0.469. The monoisotopic (exact) mass is 368 g/mol. The fraction of sp³-hybridized carbons (Fsp3) is 0.286. The van der Waals surface area contributed by atoms with E-state index in [4.69, 9.17) is 9.47 Å². The van der Waals surface area contributed by atoms with E-state index in [2.05, 4.69) is 11.1 Å². The summed E-state index contributed by atoms with van der Waals surface area (Å²) in [7, 11) is 2.98. The highest BCUT2D eigenvalue weighted by atomic mass is 19.1. The van der Waals surface area contributed by atoms with E-state index in [0.717, 1.165) is 22.2 Å². The zero-order chi connectivity index (χ0) is 19.0. The molecule has 4 rings (SSSR count). The topological polar surface area (TPSA) is 54.6 Å². The summed E-state index contributed by atoms with van der Waals surface area (Å²) in [6.07, 6.45) is 0.711. The number of nitrogens with zero attached hydrogens (tertiary/aromatic N) is 1. The van der Waals surface area contributed by atoms with Crippen LogP contribution in [0.1, 0.15) is 22.9 Å². The minimum Gasteiger partial charge on any atom is -0.497 e. The molecule has 1 amide bonds. The maximum absolute atomic E-state index is 14.9. The number of halogens is 1. The Balaban J connectivity index is 1.89. The number of rotatable bonds is 4. The average Bonchev–Trinajstić information content (AvgIpc) is 3.06. The molecule has 0 fully saturated rings. The van der Waals surface area contributed by atoms with Crippen molar-refractivity contribution in [3.8, 4) is 5.75 Å². The van der Waals surface area contributed by atoms with E-state index in [1.807, 2.05) is 18.2 Å². The van der Waals surface area contributed by atoms with Crippen LogP contribution in [-0.4, -0.2) is 43.2 Å². The highest BCUT2D eigenvalue weighted by Crippen LogP contribution is 2.39. The molecule has 0 unspecified atom stereocenters. The number of amides is 1. The number of aromatic amines is 1. The molecule has 1 N–H and O–H groups in total. The van der Waals surface area contributed by atoms with E-state index < -0.39 is 11.9 Å². The van der Waals surface area contributed by atoms with Gasteiger partial charge in [-0.15, -0.1) is 0 Å². The van der Waals surface area contributed by atoms with Gasteiger partial charge in [-0.05, 0) is 30.2 Å². The van der Waals surface area contributed by atoms with Crippen molar-refractivity contribution in [2.75, 3.05) is 27.4 Å². The quantitative estimate of drug-likeness (QED) is 0.768. The van der Waals surface area contributed by atoms with Crippen molar-refractivity contribution in [3.05, 3.63) is 65.1 Å². The summed E-state index contributed by atoms with van der Waals surface area (Å²) in [4.78, 5) is 17.8. The second-order valence-corrected chi connectivity index (χ2v) is 6.62. The molecule has 0 spiro atoms. The molecule has 6 heteroatoms. The van der Waals surface area contributed by atoms with Crippen LogP contribution in [0, 0.1) is 5.82 Å². The Hall–Kier alpha value is -2.86. The minimum atomic E-state index is -0.533. The Morgan fingerprint density at radius 2 is 2.07 bits per heavy atom. The van der Waals surface area contributed by atoms with E-state index >= 15 is 0 Å². The molecule has 0 saturated heterocycles. The first kappa shape index (κ1) is 17.5. The van der Waals surface area contributed by atoms with Crippen molar-refractivity contribution in [2.45, 2.75) is 12.5 Å². The molecule has 2 aromatic carbocycles. The summed E-state index contributed by atoms with van der Waals surface area (Å²) in [5, 5.41) is 1.12. The lowest BCUT2D eigenvalue weighted by molar-refractivity contribution is -0.137. The molecular formula is C21H21FN2O3. The molecule has 1 aliphatic heterocycles. The third-order valence-corrected chi connectivity index (χ3v) is 5.12. The number of nitrogens with one attached hydrogen (secondary N) is 1. The van der Waals surface area contributed by atoms with E-state index in [1.54, 1.807) is 17.0 Å². The Bertz CT molecular complexity index is 998. The molecule has 27 heavy (non-hydrogen) atoms. The Labute approximate surface area is 156 Å². The van der Waals surface area contributed by atoms with E-state index in [-0.39, 0.29) is 12.5 Å². The van der Waals surface area contributed by atoms with Gasteiger partial charge in [0.2, 0.25) is 5.91 Å². The first-order valence-electron chi connectivity index (χ1n) is 8.85. The van der Waals surface area contributed by atoms with Gasteiger partial charge >= 0.3 is 0 Å². The second-order valence-electron chi connectivity index (χ2n) is 6.62. The van der Waals surface area contributed by atoms with Crippen LogP contribution in [0.25, 0.3) is 10.9 Å². The van der Waals surface area contributed by atoms with Crippen molar-refractivity contribution >= 4 is 16.8 Å². The van der Waals surface area contributed by atoms with Crippen LogP contribution in [0.15, 0.2) is 42.5 Å². The fourth-order valence-electron chi connectivity index (χ4n) is 3.90. The van der Waals surface area contributed by atoms with Gasteiger partial charge in [-0.2, -0.15) is 0 Å². The normalized spacial score (nSPS) is 16.4. The lowest BCUT2D eigenvalue weighted by Crippen LogP contribution is -2.42. The number of para-hydroxylation sites is 1. The van der Waals surface area contributed by atoms with Crippen LogP contribution < -0.4 is 4.74 Å². The summed E-state index contributed by atoms with van der Waals surface area (Å²) in [5.41, 5.74) is 3.42. The van der Waals surface area contributed by atoms with Crippen molar-refractivity contribution in [1.29, 1.82) is 0 Å². The van der Waals surface area contributed by atoms with Gasteiger partial charge in [0.25, 0.3) is 0 Å². The zero-order valence-electron chi connectivity index (χ0n) is 15.3. The number of ether oxygens (including phenoxy) is 2. The van der Waals surface area contributed by atoms with Crippen LogP contribution in [-0.2, 0) is 16.0 Å². The van der Waals surface area contributed by atoms with E-state index in [1.165, 1.54) is 20.3 Å². The number of aromatic nitrogens is 1. The van der Waals surface area contributed by atoms with Crippen LogP contribution in [0.2, 0.25) is 0 Å². The number of hydrogen-bond donors (Lipinski definition) is 1. The maximum atomic E-state index is 14.9. The standard InChI is InChI=1S/C21H21FN2O3/c1-26-12-19(25)24-10-9-15-14-5-3-4-6-18(14)23-20(15)21(24)16-8-7-13(27-2)11-17(16)22/h3-8,11,21,23H,9-10,12H2,1-2H3/t21-/m0/s1. The Morgan fingerprint density at radius 3 is 2.81 bits per heavy atom. The van der Waals surface area contributed by atoms with Crippen LogP contribution in [0.4, 0.5) is 4.39 Å². The summed E-state index contributed by atoms with van der Waals surface area (Å²) >= 11 is 0. The number of methoxy groups -OCH3 is 2. The van der Waals surface area contributed by atoms with Gasteiger partial charge in [-0.3, -0.25) is 4.79 Å². The maximum Gasteiger partial charge on any atom is 0.249 e. The minimum absolute atomic E-state index is 0.0379. The molecule has 1 aliphatic rings. The largest absolute Gasteiger partial charge is 0.497 e. The molecule has 5 nitrogen and oxygen atoms in total. The van der Waals surface area contributed by atoms with E-state index in [0.29, 0.717) is 24.3 Å². The highest BCUT2D eigenvalue weighted by Gasteiger charge is 2.35. The number of H-pyrrole nitrogens is 1. The van der Waals surface area contributed by atoms with Crippen molar-refractivity contribution in [1.82, 2.24) is 9.88 Å². The number of carbonyl (C=O) groups excluding carboxylic acids is 1. The van der Waals surface area contributed by atoms with Gasteiger partial charge in [0.1, 0.15) is 24.2 Å². The number of hydrogen-bond acceptors (Lipinski definition) is 3. The predicted molar refractivity (Wildman–Crippen MR) is 100 cm³/mol. The average molecular weight is 368 g/mol. The molecule has 2 heterocycles. The van der Waals surface area contributed by atoms with Crippen molar-refractivity contribution in [3.63, 3.8) is 0 Å². The van der Waals surface area contributed by atoms with E-state index in [9.17, 15) is 9.18 Å². The third kappa shape index (κ3) is 2.96. The SMILES string of the molecule is COCC(=O)N1CCc2c([nH]c3ccccc23)[C@@H]1c1ccc(OC)cc1F. The number of fused-ring (bicyclic) bond motifs is 3. The van der Waals surface area contributed by atoms with Crippen LogP contribution in [0.5, 0.6) is 5.75 Å². The van der Waals surface area contributed by atoms with Crippen LogP contribution >= 0.6 is 0 Å². The van der Waals surface area contributed by atoms with Crippen LogP contribution in [0.3, 0.4) is 0 Å². The lowest BCUT2D eigenvalue weighted by Gasteiger charge is -2.36. The molecule has 0 bridgehead atoms. The van der Waals surface area contributed by atoms with Crippen molar-refractivity contribution < 1.29 is 18.7 Å². The van der Waals surface area contributed by atoms with Gasteiger partial charge in [0, 0.05) is 41.9 Å². The molecule has 1 atom stereocenters. The Kier molecular flexibility index (Phi) is 4.58. The fourth-order valence-corrected chi connectivity index (χ4v) is 3.90. The van der Waals surface area contributed by atoms with Gasteiger partial charge in [0.05, 0.1) is 7.11 Å². The van der Waals surface area contributed by atoms with Gasteiger partial charge in [-0.1, -0.05) is 18.2 Å². The molecule has 0 radical (unpaired) electrons. The first-order valence-corrected chi connectivity index (χ1v) is 8.85. The van der Waals surface area contributed by atoms with Gasteiger partial charge < -0.3 is 19.4 Å². The number of carbonyl (C=O) groups is 1. The summed E-state index contributed by atoms with van der Waals surface area (Å²) in [6, 6.07) is 12.2. The molecule has 0 aliphatic carbocycles. The molecule has 140 valence electrons.